The Hall–Kier alpha value is -2.65. The Bertz CT molecular complexity index is 1500. The van der Waals surface area contributed by atoms with Crippen LogP contribution in [-0.2, 0) is 9.84 Å². The molecule has 5 rings (SSSR count). The van der Waals surface area contributed by atoms with Gasteiger partial charge < -0.3 is 10.1 Å². The van der Waals surface area contributed by atoms with Crippen molar-refractivity contribution in [3.63, 3.8) is 0 Å². The second-order valence-corrected chi connectivity index (χ2v) is 12.1. The van der Waals surface area contributed by atoms with Crippen LogP contribution in [0.3, 0.4) is 0 Å². The summed E-state index contributed by atoms with van der Waals surface area (Å²) in [7, 11) is -3.10. The van der Waals surface area contributed by atoms with E-state index in [1.54, 1.807) is 36.4 Å². The molecule has 0 saturated carbocycles. The smallest absolute Gasteiger partial charge is 0.265 e. The van der Waals surface area contributed by atoms with Crippen molar-refractivity contribution >= 4 is 66.1 Å². The fraction of sp³-hybridized carbons (Fsp3) is 0.167. The molecule has 1 fully saturated rings. The zero-order valence-corrected chi connectivity index (χ0v) is 20.8. The maximum atomic E-state index is 12.9. The molecule has 1 unspecified atom stereocenters. The van der Waals surface area contributed by atoms with E-state index in [2.05, 4.69) is 10.3 Å². The number of benzene rings is 2. The Balaban J connectivity index is 1.36. The summed E-state index contributed by atoms with van der Waals surface area (Å²) >= 11 is 13.4. The van der Waals surface area contributed by atoms with E-state index < -0.39 is 15.1 Å². The van der Waals surface area contributed by atoms with Crippen molar-refractivity contribution in [2.24, 2.45) is 0 Å². The van der Waals surface area contributed by atoms with E-state index in [4.69, 9.17) is 27.9 Å². The standard InChI is InChI=1S/C24H18Cl2N2O4S2/c25-16-4-6-18(7-5-16)32-23-13-17(12-22(26)28-23)27-24(29)20-11-15-10-14(3-8-19(15)33-20)21-2-1-9-34(21,30)31/h3-8,10-13,21H,1-2,9H2,(H,27,28,29). The fourth-order valence-corrected chi connectivity index (χ4v) is 7.16. The highest BCUT2D eigenvalue weighted by molar-refractivity contribution is 7.91. The molecule has 10 heteroatoms. The van der Waals surface area contributed by atoms with Gasteiger partial charge in [-0.1, -0.05) is 29.3 Å². The second kappa shape index (κ2) is 9.19. The SMILES string of the molecule is O=C(Nc1cc(Cl)nc(Oc2ccc(Cl)cc2)c1)c1cc2cc(C3CCCS3(=O)=O)ccc2s1. The minimum absolute atomic E-state index is 0.167. The third-order valence-electron chi connectivity index (χ3n) is 5.53. The number of thiophene rings is 1. The van der Waals surface area contributed by atoms with Gasteiger partial charge in [-0.25, -0.2) is 13.4 Å². The van der Waals surface area contributed by atoms with E-state index in [1.165, 1.54) is 17.4 Å². The van der Waals surface area contributed by atoms with Crippen molar-refractivity contribution in [2.45, 2.75) is 18.1 Å². The highest BCUT2D eigenvalue weighted by atomic mass is 35.5. The minimum atomic E-state index is -3.10. The quantitative estimate of drug-likeness (QED) is 0.282. The summed E-state index contributed by atoms with van der Waals surface area (Å²) in [5.74, 6) is 0.673. The Labute approximate surface area is 210 Å². The molecular formula is C24H18Cl2N2O4S2. The van der Waals surface area contributed by atoms with Gasteiger partial charge in [-0.3, -0.25) is 4.79 Å². The van der Waals surface area contributed by atoms with Gasteiger partial charge in [-0.15, -0.1) is 11.3 Å². The number of carbonyl (C=O) groups is 1. The number of halogens is 2. The number of ether oxygens (including phenoxy) is 1. The molecule has 1 amide bonds. The van der Waals surface area contributed by atoms with Gasteiger partial charge in [-0.05, 0) is 72.3 Å². The summed E-state index contributed by atoms with van der Waals surface area (Å²) in [6, 6.07) is 17.3. The molecule has 2 aromatic carbocycles. The minimum Gasteiger partial charge on any atom is -0.439 e. The highest BCUT2D eigenvalue weighted by Gasteiger charge is 2.32. The average Bonchev–Trinajstić information content (AvgIpc) is 3.37. The van der Waals surface area contributed by atoms with Gasteiger partial charge in [0.15, 0.2) is 9.84 Å². The first kappa shape index (κ1) is 23.1. The van der Waals surface area contributed by atoms with Gasteiger partial charge in [0.2, 0.25) is 5.88 Å². The van der Waals surface area contributed by atoms with Gasteiger partial charge in [0, 0.05) is 21.5 Å². The van der Waals surface area contributed by atoms with Gasteiger partial charge >= 0.3 is 0 Å². The van der Waals surface area contributed by atoms with Crippen LogP contribution in [0.25, 0.3) is 10.1 Å². The molecule has 4 aromatic rings. The topological polar surface area (TPSA) is 85.4 Å². The molecule has 1 aliphatic rings. The number of pyridine rings is 1. The third-order valence-corrected chi connectivity index (χ3v) is 9.32. The maximum absolute atomic E-state index is 12.9. The number of carbonyl (C=O) groups excluding carboxylic acids is 1. The van der Waals surface area contributed by atoms with Crippen LogP contribution in [0.2, 0.25) is 10.2 Å². The third kappa shape index (κ3) is 4.90. The number of fused-ring (bicyclic) bond motifs is 1. The molecule has 3 heterocycles. The van der Waals surface area contributed by atoms with Crippen molar-refractivity contribution in [3.8, 4) is 11.6 Å². The number of nitrogens with one attached hydrogen (secondary N) is 1. The number of hydrogen-bond acceptors (Lipinski definition) is 6. The molecule has 0 aliphatic carbocycles. The lowest BCUT2D eigenvalue weighted by atomic mass is 10.1. The van der Waals surface area contributed by atoms with Crippen LogP contribution in [0.1, 0.15) is 33.3 Å². The molecular weight excluding hydrogens is 515 g/mol. The summed E-state index contributed by atoms with van der Waals surface area (Å²) in [6.45, 7) is 0. The van der Waals surface area contributed by atoms with Gasteiger partial charge in [0.1, 0.15) is 10.9 Å². The summed E-state index contributed by atoms with van der Waals surface area (Å²) in [4.78, 5) is 17.6. The van der Waals surface area contributed by atoms with Crippen molar-refractivity contribution in [2.75, 3.05) is 11.1 Å². The van der Waals surface area contributed by atoms with E-state index in [1.807, 2.05) is 18.2 Å². The molecule has 2 aromatic heterocycles. The number of rotatable bonds is 5. The lowest BCUT2D eigenvalue weighted by Gasteiger charge is -2.09. The van der Waals surface area contributed by atoms with E-state index in [-0.39, 0.29) is 22.7 Å². The molecule has 1 saturated heterocycles. The molecule has 1 N–H and O–H groups in total. The monoisotopic (exact) mass is 532 g/mol. The zero-order valence-electron chi connectivity index (χ0n) is 17.6. The molecule has 0 bridgehead atoms. The number of anilines is 1. The highest BCUT2D eigenvalue weighted by Crippen LogP contribution is 2.37. The van der Waals surface area contributed by atoms with E-state index in [9.17, 15) is 13.2 Å². The number of hydrogen-bond donors (Lipinski definition) is 1. The zero-order chi connectivity index (χ0) is 23.9. The number of aromatic nitrogens is 1. The first-order valence-electron chi connectivity index (χ1n) is 10.4. The molecule has 0 radical (unpaired) electrons. The van der Waals surface area contributed by atoms with Crippen LogP contribution >= 0.6 is 34.5 Å². The molecule has 1 aliphatic heterocycles. The van der Waals surface area contributed by atoms with Crippen LogP contribution in [-0.4, -0.2) is 25.1 Å². The molecule has 34 heavy (non-hydrogen) atoms. The lowest BCUT2D eigenvalue weighted by Crippen LogP contribution is -2.10. The van der Waals surface area contributed by atoms with Crippen LogP contribution in [0.5, 0.6) is 11.6 Å². The number of amides is 1. The van der Waals surface area contributed by atoms with E-state index in [0.29, 0.717) is 34.2 Å². The molecule has 0 spiro atoms. The summed E-state index contributed by atoms with van der Waals surface area (Å²) < 4.78 is 31.2. The summed E-state index contributed by atoms with van der Waals surface area (Å²) in [5, 5.41) is 3.95. The van der Waals surface area contributed by atoms with Crippen molar-refractivity contribution in [3.05, 3.63) is 81.3 Å². The Kier molecular flexibility index (Phi) is 6.24. The summed E-state index contributed by atoms with van der Waals surface area (Å²) in [5.41, 5.74) is 1.21. The van der Waals surface area contributed by atoms with Crippen LogP contribution < -0.4 is 10.1 Å². The molecule has 1 atom stereocenters. The molecule has 174 valence electrons. The predicted octanol–water partition coefficient (Wildman–Crippen LogP) is 6.90. The first-order chi connectivity index (χ1) is 16.3. The predicted molar refractivity (Wildman–Crippen MR) is 136 cm³/mol. The van der Waals surface area contributed by atoms with Gasteiger partial charge in [-0.2, -0.15) is 0 Å². The normalized spacial score (nSPS) is 17.1. The number of sulfone groups is 1. The molecule has 6 nitrogen and oxygen atoms in total. The fourth-order valence-electron chi connectivity index (χ4n) is 3.95. The number of nitrogens with zero attached hydrogens (tertiary/aromatic N) is 1. The van der Waals surface area contributed by atoms with E-state index in [0.717, 1.165) is 15.6 Å². The lowest BCUT2D eigenvalue weighted by molar-refractivity contribution is 0.103. The largest absolute Gasteiger partial charge is 0.439 e. The van der Waals surface area contributed by atoms with Crippen molar-refractivity contribution in [1.82, 2.24) is 4.98 Å². The van der Waals surface area contributed by atoms with Crippen LogP contribution in [0, 0.1) is 0 Å². The van der Waals surface area contributed by atoms with Crippen molar-refractivity contribution < 1.29 is 17.9 Å². The average molecular weight is 533 g/mol. The maximum Gasteiger partial charge on any atom is 0.265 e. The van der Waals surface area contributed by atoms with Crippen LogP contribution in [0.15, 0.2) is 60.7 Å². The van der Waals surface area contributed by atoms with E-state index >= 15 is 0 Å². The Morgan fingerprint density at radius 1 is 1.06 bits per heavy atom. The van der Waals surface area contributed by atoms with Gasteiger partial charge in [0.25, 0.3) is 5.91 Å². The Morgan fingerprint density at radius 3 is 2.59 bits per heavy atom. The Morgan fingerprint density at radius 2 is 1.85 bits per heavy atom. The van der Waals surface area contributed by atoms with Gasteiger partial charge in [0.05, 0.1) is 15.9 Å². The first-order valence-corrected chi connectivity index (χ1v) is 13.7. The summed E-state index contributed by atoms with van der Waals surface area (Å²) in [6.07, 6.45) is 1.31. The van der Waals surface area contributed by atoms with Crippen molar-refractivity contribution in [1.29, 1.82) is 0 Å². The second-order valence-electron chi connectivity index (χ2n) is 7.93. The van der Waals surface area contributed by atoms with Crippen LogP contribution in [0.4, 0.5) is 5.69 Å².